The summed E-state index contributed by atoms with van der Waals surface area (Å²) in [6.07, 6.45) is 0. The molecule has 0 atom stereocenters. The molecule has 0 saturated carbocycles. The van der Waals surface area contributed by atoms with Gasteiger partial charge in [0.05, 0.1) is 17.7 Å². The third-order valence-electron chi connectivity index (χ3n) is 4.63. The highest BCUT2D eigenvalue weighted by Crippen LogP contribution is 2.36. The number of ether oxygens (including phenoxy) is 1. The Morgan fingerprint density at radius 3 is 2.62 bits per heavy atom. The summed E-state index contributed by atoms with van der Waals surface area (Å²) in [5, 5.41) is 16.4. The average Bonchev–Trinajstić information content (AvgIpc) is 3.57. The maximum Gasteiger partial charge on any atom is 0.341 e. The van der Waals surface area contributed by atoms with Crippen LogP contribution < -0.4 is 5.32 Å². The van der Waals surface area contributed by atoms with Gasteiger partial charge in [0.25, 0.3) is 0 Å². The first-order valence-electron chi connectivity index (χ1n) is 9.77. The van der Waals surface area contributed by atoms with Gasteiger partial charge >= 0.3 is 5.97 Å². The number of hydrogen-bond donors (Lipinski definition) is 1. The second kappa shape index (κ2) is 10.1. The lowest BCUT2D eigenvalue weighted by Crippen LogP contribution is -2.16. The Balaban J connectivity index is 1.50. The molecule has 4 aromatic rings. The Labute approximate surface area is 197 Å². The fourth-order valence-corrected chi connectivity index (χ4v) is 5.64. The van der Waals surface area contributed by atoms with E-state index in [0.29, 0.717) is 22.3 Å². The normalized spacial score (nSPS) is 10.8. The van der Waals surface area contributed by atoms with Gasteiger partial charge in [0.2, 0.25) is 5.91 Å². The van der Waals surface area contributed by atoms with Crippen LogP contribution in [0.25, 0.3) is 21.8 Å². The summed E-state index contributed by atoms with van der Waals surface area (Å²) in [4.78, 5) is 26.2. The summed E-state index contributed by atoms with van der Waals surface area (Å²) in [5.41, 5.74) is 1.98. The van der Waals surface area contributed by atoms with Gasteiger partial charge in [-0.25, -0.2) is 4.79 Å². The van der Waals surface area contributed by atoms with Crippen molar-refractivity contribution in [1.82, 2.24) is 14.8 Å². The number of thiophene rings is 2. The molecule has 1 aromatic carbocycles. The van der Waals surface area contributed by atoms with Crippen molar-refractivity contribution in [3.63, 3.8) is 0 Å². The van der Waals surface area contributed by atoms with Crippen LogP contribution >= 0.6 is 34.4 Å². The molecule has 32 heavy (non-hydrogen) atoms. The highest BCUT2D eigenvalue weighted by atomic mass is 32.2. The predicted molar refractivity (Wildman–Crippen MR) is 129 cm³/mol. The smallest absolute Gasteiger partial charge is 0.341 e. The summed E-state index contributed by atoms with van der Waals surface area (Å²) in [6, 6.07) is 13.5. The number of esters is 1. The van der Waals surface area contributed by atoms with E-state index in [-0.39, 0.29) is 11.7 Å². The van der Waals surface area contributed by atoms with Gasteiger partial charge in [-0.05, 0) is 23.9 Å². The summed E-state index contributed by atoms with van der Waals surface area (Å²) < 4.78 is 6.96. The molecule has 0 fully saturated rings. The average molecular weight is 485 g/mol. The number of carbonyl (C=O) groups is 2. The Hall–Kier alpha value is -2.95. The van der Waals surface area contributed by atoms with Crippen LogP contribution in [0.4, 0.5) is 5.00 Å². The van der Waals surface area contributed by atoms with E-state index in [1.165, 1.54) is 30.2 Å². The van der Waals surface area contributed by atoms with Crippen molar-refractivity contribution >= 4 is 51.3 Å². The minimum atomic E-state index is -0.487. The first-order valence-corrected chi connectivity index (χ1v) is 12.5. The van der Waals surface area contributed by atoms with Gasteiger partial charge in [-0.3, -0.25) is 4.79 Å². The molecule has 0 saturated heterocycles. The minimum absolute atomic E-state index is 0.141. The van der Waals surface area contributed by atoms with Crippen LogP contribution in [0.3, 0.4) is 0 Å². The lowest BCUT2D eigenvalue weighted by atomic mass is 10.0. The number of nitrogens with zero attached hydrogens (tertiary/aromatic N) is 3. The Kier molecular flexibility index (Phi) is 7.03. The largest absolute Gasteiger partial charge is 0.465 e. The molecule has 10 heteroatoms. The molecule has 0 radical (unpaired) electrons. The number of thioether (sulfide) groups is 1. The van der Waals surface area contributed by atoms with Gasteiger partial charge in [-0.1, -0.05) is 48.2 Å². The van der Waals surface area contributed by atoms with Gasteiger partial charge in [0.1, 0.15) is 10.6 Å². The van der Waals surface area contributed by atoms with Crippen molar-refractivity contribution in [3.05, 3.63) is 58.8 Å². The van der Waals surface area contributed by atoms with E-state index in [1.807, 2.05) is 64.7 Å². The van der Waals surface area contributed by atoms with Crippen molar-refractivity contribution in [1.29, 1.82) is 0 Å². The molecule has 0 aliphatic carbocycles. The molecule has 7 nitrogen and oxygen atoms in total. The minimum Gasteiger partial charge on any atom is -0.465 e. The summed E-state index contributed by atoms with van der Waals surface area (Å²) in [7, 11) is 1.33. The van der Waals surface area contributed by atoms with Crippen LogP contribution in [0, 0.1) is 0 Å². The zero-order valence-corrected chi connectivity index (χ0v) is 19.9. The van der Waals surface area contributed by atoms with Gasteiger partial charge in [0, 0.05) is 17.5 Å². The van der Waals surface area contributed by atoms with Gasteiger partial charge in [-0.15, -0.1) is 32.9 Å². The van der Waals surface area contributed by atoms with Crippen molar-refractivity contribution in [3.8, 4) is 21.8 Å². The third-order valence-corrected chi connectivity index (χ3v) is 7.35. The lowest BCUT2D eigenvalue weighted by molar-refractivity contribution is -0.113. The fraction of sp³-hybridized carbons (Fsp3) is 0.182. The molecule has 0 spiro atoms. The zero-order chi connectivity index (χ0) is 22.5. The molecule has 3 heterocycles. The molecular formula is C22H20N4O3S3. The molecule has 1 amide bonds. The van der Waals surface area contributed by atoms with E-state index in [0.717, 1.165) is 21.8 Å². The number of nitrogens with one attached hydrogen (secondary N) is 1. The molecular weight excluding hydrogens is 464 g/mol. The number of anilines is 1. The van der Waals surface area contributed by atoms with Crippen molar-refractivity contribution in [2.24, 2.45) is 0 Å². The summed E-state index contributed by atoms with van der Waals surface area (Å²) in [6.45, 7) is 2.71. The molecule has 0 aliphatic rings. The Bertz CT molecular complexity index is 1220. The first-order chi connectivity index (χ1) is 15.6. The van der Waals surface area contributed by atoms with Crippen molar-refractivity contribution in [2.75, 3.05) is 18.2 Å². The number of methoxy groups -OCH3 is 1. The van der Waals surface area contributed by atoms with Crippen LogP contribution in [-0.4, -0.2) is 39.5 Å². The summed E-state index contributed by atoms with van der Waals surface area (Å²) >= 11 is 4.21. The van der Waals surface area contributed by atoms with E-state index in [1.54, 1.807) is 11.3 Å². The highest BCUT2D eigenvalue weighted by molar-refractivity contribution is 7.99. The number of hydrogen-bond acceptors (Lipinski definition) is 8. The quantitative estimate of drug-likeness (QED) is 0.271. The second-order valence-electron chi connectivity index (χ2n) is 6.58. The first kappa shape index (κ1) is 22.3. The zero-order valence-electron chi connectivity index (χ0n) is 17.4. The Morgan fingerprint density at radius 1 is 1.12 bits per heavy atom. The van der Waals surface area contributed by atoms with E-state index < -0.39 is 5.97 Å². The van der Waals surface area contributed by atoms with Gasteiger partial charge in [-0.2, -0.15) is 0 Å². The molecule has 164 valence electrons. The van der Waals surface area contributed by atoms with Crippen LogP contribution in [0.1, 0.15) is 17.3 Å². The monoisotopic (exact) mass is 484 g/mol. The van der Waals surface area contributed by atoms with E-state index in [4.69, 9.17) is 4.74 Å². The number of amides is 1. The maximum atomic E-state index is 12.7. The Morgan fingerprint density at radius 2 is 1.94 bits per heavy atom. The number of aromatic nitrogens is 3. The van der Waals surface area contributed by atoms with Crippen LogP contribution in [0.15, 0.2) is 58.4 Å². The van der Waals surface area contributed by atoms with Gasteiger partial charge in [0.15, 0.2) is 11.0 Å². The molecule has 0 bridgehead atoms. The molecule has 0 aliphatic heterocycles. The molecule has 1 N–H and O–H groups in total. The maximum absolute atomic E-state index is 12.7. The number of rotatable bonds is 8. The van der Waals surface area contributed by atoms with Crippen molar-refractivity contribution in [2.45, 2.75) is 18.6 Å². The highest BCUT2D eigenvalue weighted by Gasteiger charge is 2.23. The predicted octanol–water partition coefficient (Wildman–Crippen LogP) is 5.27. The molecule has 3 aromatic heterocycles. The second-order valence-corrected chi connectivity index (χ2v) is 9.35. The lowest BCUT2D eigenvalue weighted by Gasteiger charge is -2.08. The van der Waals surface area contributed by atoms with Gasteiger partial charge < -0.3 is 14.6 Å². The molecule has 0 unspecified atom stereocenters. The van der Waals surface area contributed by atoms with E-state index in [2.05, 4.69) is 15.5 Å². The van der Waals surface area contributed by atoms with Crippen LogP contribution in [0.5, 0.6) is 0 Å². The van der Waals surface area contributed by atoms with E-state index in [9.17, 15) is 9.59 Å². The van der Waals surface area contributed by atoms with Crippen LogP contribution in [-0.2, 0) is 16.1 Å². The SMILES string of the molecule is CCn1c(SCC(=O)Nc2scc(-c3ccccc3)c2C(=O)OC)nnc1-c1cccs1. The number of carbonyl (C=O) groups excluding carboxylic acids is 2. The standard InChI is InChI=1S/C22H20N4O3S3/c1-3-26-19(16-10-7-11-30-16)24-25-22(26)32-13-17(27)23-20-18(21(28)29-2)15(12-31-20)14-8-5-4-6-9-14/h4-12H,3,13H2,1-2H3,(H,23,27). The molecule has 4 rings (SSSR count). The van der Waals surface area contributed by atoms with Crippen molar-refractivity contribution < 1.29 is 14.3 Å². The topological polar surface area (TPSA) is 86.1 Å². The number of benzene rings is 1. The third kappa shape index (κ3) is 4.62. The van der Waals surface area contributed by atoms with E-state index >= 15 is 0 Å². The van der Waals surface area contributed by atoms with Crippen LogP contribution in [0.2, 0.25) is 0 Å². The fourth-order valence-electron chi connectivity index (χ4n) is 3.15. The summed E-state index contributed by atoms with van der Waals surface area (Å²) in [5.74, 6) is 0.218.